The zero-order valence-corrected chi connectivity index (χ0v) is 13.8. The van der Waals surface area contributed by atoms with Crippen LogP contribution in [0.3, 0.4) is 0 Å². The lowest BCUT2D eigenvalue weighted by Gasteiger charge is -1.96. The largest absolute Gasteiger partial charge is 0.432 e. The molecule has 0 saturated heterocycles. The van der Waals surface area contributed by atoms with Crippen LogP contribution >= 0.6 is 23.2 Å². The van der Waals surface area contributed by atoms with Crippen LogP contribution in [-0.2, 0) is 0 Å². The van der Waals surface area contributed by atoms with Crippen molar-refractivity contribution in [2.24, 2.45) is 0 Å². The lowest BCUT2D eigenvalue weighted by atomic mass is 10.2. The summed E-state index contributed by atoms with van der Waals surface area (Å²) in [6, 6.07) is 14.6. The van der Waals surface area contributed by atoms with Gasteiger partial charge in [0.15, 0.2) is 11.5 Å². The van der Waals surface area contributed by atoms with E-state index in [0.717, 1.165) is 11.1 Å². The molecule has 6 heteroatoms. The van der Waals surface area contributed by atoms with Crippen molar-refractivity contribution < 1.29 is 8.83 Å². The van der Waals surface area contributed by atoms with Crippen LogP contribution in [0.4, 0.5) is 0 Å². The van der Waals surface area contributed by atoms with E-state index >= 15 is 0 Å². The Morgan fingerprint density at radius 1 is 0.583 bits per heavy atom. The lowest BCUT2D eigenvalue weighted by Crippen LogP contribution is -1.74. The Bertz CT molecular complexity index is 891. The van der Waals surface area contributed by atoms with Crippen LogP contribution < -0.4 is 0 Å². The fourth-order valence-corrected chi connectivity index (χ4v) is 2.49. The monoisotopic (exact) mass is 356 g/mol. The van der Waals surface area contributed by atoms with Crippen LogP contribution in [0.25, 0.3) is 34.4 Å². The Labute approximate surface area is 147 Å². The summed E-state index contributed by atoms with van der Waals surface area (Å²) in [6.45, 7) is 0. The van der Waals surface area contributed by atoms with Gasteiger partial charge in [-0.15, -0.1) is 0 Å². The third kappa shape index (κ3) is 2.94. The predicted molar refractivity (Wildman–Crippen MR) is 92.9 cm³/mol. The second-order valence-corrected chi connectivity index (χ2v) is 5.95. The second kappa shape index (κ2) is 6.15. The third-order valence-electron chi connectivity index (χ3n) is 3.45. The Hall–Kier alpha value is -2.56. The number of oxazole rings is 2. The van der Waals surface area contributed by atoms with Gasteiger partial charge in [-0.1, -0.05) is 23.2 Å². The maximum Gasteiger partial charge on any atom is 0.284 e. The number of aromatic nitrogens is 2. The SMILES string of the molecule is Clc1ccc(-c2cnc(-c3ncc(-c4ccc(Cl)cc4)o3)o2)cc1. The molecule has 0 N–H and O–H groups in total. The number of rotatable bonds is 3. The molecule has 0 atom stereocenters. The van der Waals surface area contributed by atoms with Crippen LogP contribution in [0.5, 0.6) is 0 Å². The molecule has 0 amide bonds. The van der Waals surface area contributed by atoms with Crippen LogP contribution in [0.15, 0.2) is 69.8 Å². The fraction of sp³-hybridized carbons (Fsp3) is 0. The highest BCUT2D eigenvalue weighted by atomic mass is 35.5. The first-order valence-electron chi connectivity index (χ1n) is 7.13. The Morgan fingerprint density at radius 2 is 0.958 bits per heavy atom. The molecule has 0 aliphatic carbocycles. The summed E-state index contributed by atoms with van der Waals surface area (Å²) >= 11 is 11.8. The number of nitrogens with zero attached hydrogens (tertiary/aromatic N) is 2. The van der Waals surface area contributed by atoms with Gasteiger partial charge in [0.05, 0.1) is 12.4 Å². The molecule has 24 heavy (non-hydrogen) atoms. The number of halogens is 2. The van der Waals surface area contributed by atoms with E-state index in [0.29, 0.717) is 33.3 Å². The van der Waals surface area contributed by atoms with Gasteiger partial charge in [0.1, 0.15) is 0 Å². The molecule has 2 aromatic heterocycles. The average molecular weight is 357 g/mol. The molecular weight excluding hydrogens is 347 g/mol. The van der Waals surface area contributed by atoms with Crippen molar-refractivity contribution in [3.8, 4) is 34.4 Å². The standard InChI is InChI=1S/C18H10Cl2N2O2/c19-13-5-1-11(2-6-13)15-9-21-17(23-15)18-22-10-16(24-18)12-3-7-14(20)8-4-12/h1-10H. The van der Waals surface area contributed by atoms with Crippen LogP contribution in [0.2, 0.25) is 10.0 Å². The summed E-state index contributed by atoms with van der Waals surface area (Å²) in [5.74, 6) is 1.88. The molecule has 0 spiro atoms. The molecular formula is C18H10Cl2N2O2. The van der Waals surface area contributed by atoms with Gasteiger partial charge in [-0.25, -0.2) is 9.97 Å². The van der Waals surface area contributed by atoms with Crippen molar-refractivity contribution >= 4 is 23.2 Å². The molecule has 0 aliphatic rings. The van der Waals surface area contributed by atoms with Gasteiger partial charge in [-0.2, -0.15) is 0 Å². The highest BCUT2D eigenvalue weighted by Gasteiger charge is 2.15. The van der Waals surface area contributed by atoms with E-state index in [9.17, 15) is 0 Å². The van der Waals surface area contributed by atoms with Crippen LogP contribution in [0, 0.1) is 0 Å². The quantitative estimate of drug-likeness (QED) is 0.453. The van der Waals surface area contributed by atoms with E-state index in [4.69, 9.17) is 32.0 Å². The molecule has 118 valence electrons. The first-order valence-corrected chi connectivity index (χ1v) is 7.88. The Morgan fingerprint density at radius 3 is 1.33 bits per heavy atom. The summed E-state index contributed by atoms with van der Waals surface area (Å²) in [6.07, 6.45) is 3.26. The number of hydrogen-bond donors (Lipinski definition) is 0. The van der Waals surface area contributed by atoms with Gasteiger partial charge in [-0.05, 0) is 48.5 Å². The van der Waals surface area contributed by atoms with Crippen molar-refractivity contribution in [1.82, 2.24) is 9.97 Å². The smallest absolute Gasteiger partial charge is 0.284 e. The summed E-state index contributed by atoms with van der Waals surface area (Å²) in [5.41, 5.74) is 1.75. The van der Waals surface area contributed by atoms with Crippen LogP contribution in [-0.4, -0.2) is 9.97 Å². The zero-order chi connectivity index (χ0) is 16.5. The normalized spacial score (nSPS) is 10.9. The Balaban J connectivity index is 1.63. The van der Waals surface area contributed by atoms with Crippen molar-refractivity contribution in [2.45, 2.75) is 0 Å². The summed E-state index contributed by atoms with van der Waals surface area (Å²) in [4.78, 5) is 8.46. The van der Waals surface area contributed by atoms with Crippen molar-refractivity contribution in [2.75, 3.05) is 0 Å². The maximum absolute atomic E-state index is 5.89. The lowest BCUT2D eigenvalue weighted by molar-refractivity contribution is 0.523. The van der Waals surface area contributed by atoms with E-state index < -0.39 is 0 Å². The molecule has 4 nitrogen and oxygen atoms in total. The fourth-order valence-electron chi connectivity index (χ4n) is 2.24. The Kier molecular flexibility index (Phi) is 3.84. The summed E-state index contributed by atoms with van der Waals surface area (Å²) < 4.78 is 11.5. The van der Waals surface area contributed by atoms with Gasteiger partial charge in [0.2, 0.25) is 0 Å². The van der Waals surface area contributed by atoms with Gasteiger partial charge in [0, 0.05) is 21.2 Å². The van der Waals surface area contributed by atoms with Gasteiger partial charge < -0.3 is 8.83 Å². The number of benzene rings is 2. The van der Waals surface area contributed by atoms with E-state index in [-0.39, 0.29) is 0 Å². The minimum absolute atomic E-state index is 0.320. The van der Waals surface area contributed by atoms with Crippen LogP contribution in [0.1, 0.15) is 0 Å². The average Bonchev–Trinajstić information content (AvgIpc) is 3.25. The zero-order valence-electron chi connectivity index (χ0n) is 12.2. The highest BCUT2D eigenvalue weighted by molar-refractivity contribution is 6.30. The van der Waals surface area contributed by atoms with Gasteiger partial charge >= 0.3 is 0 Å². The second-order valence-electron chi connectivity index (χ2n) is 5.07. The molecule has 0 unspecified atom stereocenters. The van der Waals surface area contributed by atoms with Gasteiger partial charge in [0.25, 0.3) is 11.8 Å². The molecule has 4 aromatic rings. The molecule has 0 radical (unpaired) electrons. The molecule has 0 fully saturated rings. The van der Waals surface area contributed by atoms with E-state index in [2.05, 4.69) is 9.97 Å². The van der Waals surface area contributed by atoms with E-state index in [1.54, 1.807) is 36.7 Å². The highest BCUT2D eigenvalue weighted by Crippen LogP contribution is 2.29. The molecule has 2 heterocycles. The molecule has 0 bridgehead atoms. The summed E-state index contributed by atoms with van der Waals surface area (Å²) in [7, 11) is 0. The van der Waals surface area contributed by atoms with Crippen molar-refractivity contribution in [3.05, 3.63) is 71.0 Å². The molecule has 2 aromatic carbocycles. The minimum Gasteiger partial charge on any atom is -0.432 e. The predicted octanol–water partition coefficient (Wildman–Crippen LogP) is 5.97. The molecule has 0 aliphatic heterocycles. The van der Waals surface area contributed by atoms with Gasteiger partial charge in [-0.3, -0.25) is 0 Å². The minimum atomic E-state index is 0.320. The molecule has 4 rings (SSSR count). The first-order chi connectivity index (χ1) is 11.7. The third-order valence-corrected chi connectivity index (χ3v) is 3.96. The topological polar surface area (TPSA) is 52.1 Å². The van der Waals surface area contributed by atoms with E-state index in [1.165, 1.54) is 0 Å². The number of hydrogen-bond acceptors (Lipinski definition) is 4. The van der Waals surface area contributed by atoms with Crippen molar-refractivity contribution in [1.29, 1.82) is 0 Å². The first kappa shape index (κ1) is 15.0. The molecule has 0 saturated carbocycles. The van der Waals surface area contributed by atoms with Crippen molar-refractivity contribution in [3.63, 3.8) is 0 Å². The summed E-state index contributed by atoms with van der Waals surface area (Å²) in [5, 5.41) is 1.33. The van der Waals surface area contributed by atoms with E-state index in [1.807, 2.05) is 24.3 Å². The maximum atomic E-state index is 5.89.